The molecule has 1 aromatic heterocycles. The van der Waals surface area contributed by atoms with E-state index >= 15 is 0 Å². The highest BCUT2D eigenvalue weighted by Gasteiger charge is 2.29. The molecule has 0 aromatic carbocycles. The van der Waals surface area contributed by atoms with Crippen LogP contribution >= 0.6 is 0 Å². The SMILES string of the molecule is COC(=O)c1ccc(C)nc1OCC(F)(F)F. The quantitative estimate of drug-likeness (QED) is 0.770. The average Bonchev–Trinajstić information content (AvgIpc) is 2.24. The molecule has 17 heavy (non-hydrogen) atoms. The Morgan fingerprint density at radius 3 is 2.59 bits per heavy atom. The van der Waals surface area contributed by atoms with Gasteiger partial charge in [0.1, 0.15) is 5.56 Å². The summed E-state index contributed by atoms with van der Waals surface area (Å²) < 4.78 is 44.8. The van der Waals surface area contributed by atoms with E-state index in [-0.39, 0.29) is 11.4 Å². The van der Waals surface area contributed by atoms with Crippen molar-refractivity contribution in [1.29, 1.82) is 0 Å². The van der Waals surface area contributed by atoms with E-state index in [2.05, 4.69) is 14.5 Å². The molecule has 0 aliphatic heterocycles. The van der Waals surface area contributed by atoms with Crippen molar-refractivity contribution < 1.29 is 27.4 Å². The number of alkyl halides is 3. The third-order valence-corrected chi connectivity index (χ3v) is 1.78. The van der Waals surface area contributed by atoms with Crippen LogP contribution in [0.15, 0.2) is 12.1 Å². The molecule has 1 rings (SSSR count). The minimum absolute atomic E-state index is 0.137. The summed E-state index contributed by atoms with van der Waals surface area (Å²) in [6.07, 6.45) is -4.49. The molecule has 0 atom stereocenters. The number of rotatable bonds is 3. The van der Waals surface area contributed by atoms with Gasteiger partial charge in [-0.15, -0.1) is 0 Å². The maximum Gasteiger partial charge on any atom is 0.422 e. The molecule has 0 radical (unpaired) electrons. The summed E-state index contributed by atoms with van der Waals surface area (Å²) in [6, 6.07) is 2.78. The Morgan fingerprint density at radius 2 is 2.06 bits per heavy atom. The number of hydrogen-bond acceptors (Lipinski definition) is 4. The predicted molar refractivity (Wildman–Crippen MR) is 51.9 cm³/mol. The highest BCUT2D eigenvalue weighted by Crippen LogP contribution is 2.21. The van der Waals surface area contributed by atoms with E-state index in [0.717, 1.165) is 7.11 Å². The maximum atomic E-state index is 12.0. The molecule has 4 nitrogen and oxygen atoms in total. The first-order valence-corrected chi connectivity index (χ1v) is 4.59. The first kappa shape index (κ1) is 13.3. The van der Waals surface area contributed by atoms with Crippen LogP contribution in [0.5, 0.6) is 5.88 Å². The number of hydrogen-bond donors (Lipinski definition) is 0. The summed E-state index contributed by atoms with van der Waals surface area (Å²) in [7, 11) is 1.12. The van der Waals surface area contributed by atoms with Crippen LogP contribution in [0.2, 0.25) is 0 Å². The van der Waals surface area contributed by atoms with Gasteiger partial charge < -0.3 is 9.47 Å². The zero-order valence-corrected chi connectivity index (χ0v) is 9.17. The summed E-state index contributed by atoms with van der Waals surface area (Å²) in [6.45, 7) is 0.0644. The number of aryl methyl sites for hydroxylation is 1. The van der Waals surface area contributed by atoms with Crippen molar-refractivity contribution in [1.82, 2.24) is 4.98 Å². The van der Waals surface area contributed by atoms with Crippen LogP contribution in [0.25, 0.3) is 0 Å². The van der Waals surface area contributed by atoms with E-state index < -0.39 is 18.8 Å². The lowest BCUT2D eigenvalue weighted by molar-refractivity contribution is -0.154. The van der Waals surface area contributed by atoms with Gasteiger partial charge in [-0.1, -0.05) is 0 Å². The summed E-state index contributed by atoms with van der Waals surface area (Å²) >= 11 is 0. The number of nitrogens with zero attached hydrogens (tertiary/aromatic N) is 1. The molecule has 0 unspecified atom stereocenters. The Kier molecular flexibility index (Phi) is 3.93. The van der Waals surface area contributed by atoms with Crippen LogP contribution < -0.4 is 4.74 Å². The fraction of sp³-hybridized carbons (Fsp3) is 0.400. The molecule has 0 spiro atoms. The summed E-state index contributed by atoms with van der Waals surface area (Å²) in [5.74, 6) is -1.18. The van der Waals surface area contributed by atoms with Gasteiger partial charge in [0.2, 0.25) is 5.88 Å². The van der Waals surface area contributed by atoms with Crippen molar-refractivity contribution in [2.45, 2.75) is 13.1 Å². The van der Waals surface area contributed by atoms with E-state index in [9.17, 15) is 18.0 Å². The number of carbonyl (C=O) groups is 1. The molecule has 0 bridgehead atoms. The first-order valence-electron chi connectivity index (χ1n) is 4.59. The van der Waals surface area contributed by atoms with E-state index in [4.69, 9.17) is 0 Å². The summed E-state index contributed by atoms with van der Waals surface area (Å²) in [5.41, 5.74) is 0.303. The fourth-order valence-corrected chi connectivity index (χ4v) is 1.06. The normalized spacial score (nSPS) is 11.1. The smallest absolute Gasteiger partial charge is 0.422 e. The third kappa shape index (κ3) is 3.93. The highest BCUT2D eigenvalue weighted by atomic mass is 19.4. The van der Waals surface area contributed by atoms with E-state index in [0.29, 0.717) is 5.69 Å². The van der Waals surface area contributed by atoms with Gasteiger partial charge in [-0.3, -0.25) is 0 Å². The second-order valence-corrected chi connectivity index (χ2v) is 3.20. The highest BCUT2D eigenvalue weighted by molar-refractivity contribution is 5.91. The third-order valence-electron chi connectivity index (χ3n) is 1.78. The van der Waals surface area contributed by atoms with Gasteiger partial charge >= 0.3 is 12.1 Å². The van der Waals surface area contributed by atoms with Crippen LogP contribution in [-0.4, -0.2) is 30.8 Å². The van der Waals surface area contributed by atoms with Crippen molar-refractivity contribution in [2.75, 3.05) is 13.7 Å². The molecule has 0 aliphatic rings. The minimum Gasteiger partial charge on any atom is -0.467 e. The summed E-state index contributed by atoms with van der Waals surface area (Å²) in [4.78, 5) is 15.0. The second kappa shape index (κ2) is 5.03. The number of ether oxygens (including phenoxy) is 2. The van der Waals surface area contributed by atoms with Crippen molar-refractivity contribution >= 4 is 5.97 Å². The monoisotopic (exact) mass is 249 g/mol. The zero-order valence-electron chi connectivity index (χ0n) is 9.17. The number of carbonyl (C=O) groups excluding carboxylic acids is 1. The van der Waals surface area contributed by atoms with Crippen LogP contribution in [0.4, 0.5) is 13.2 Å². The largest absolute Gasteiger partial charge is 0.467 e. The van der Waals surface area contributed by atoms with Crippen molar-refractivity contribution in [3.63, 3.8) is 0 Å². The number of methoxy groups -OCH3 is 1. The van der Waals surface area contributed by atoms with Crippen molar-refractivity contribution in [3.05, 3.63) is 23.4 Å². The number of pyridine rings is 1. The molecule has 94 valence electrons. The molecule has 0 fully saturated rings. The minimum atomic E-state index is -4.49. The number of aromatic nitrogens is 1. The molecule has 0 aliphatic carbocycles. The van der Waals surface area contributed by atoms with E-state index in [1.807, 2.05) is 0 Å². The Hall–Kier alpha value is -1.79. The Morgan fingerprint density at radius 1 is 1.41 bits per heavy atom. The average molecular weight is 249 g/mol. The van der Waals surface area contributed by atoms with E-state index in [1.54, 1.807) is 6.92 Å². The number of esters is 1. The van der Waals surface area contributed by atoms with Gasteiger partial charge in [0, 0.05) is 5.69 Å². The van der Waals surface area contributed by atoms with Gasteiger partial charge in [-0.05, 0) is 19.1 Å². The van der Waals surface area contributed by atoms with Gasteiger partial charge in [0.05, 0.1) is 7.11 Å². The Labute approximate surface area is 95.4 Å². The lowest BCUT2D eigenvalue weighted by Gasteiger charge is -2.11. The van der Waals surface area contributed by atoms with Crippen LogP contribution in [0, 0.1) is 6.92 Å². The van der Waals surface area contributed by atoms with Crippen molar-refractivity contribution in [2.24, 2.45) is 0 Å². The molecular formula is C10H10F3NO3. The summed E-state index contributed by atoms with van der Waals surface area (Å²) in [5, 5.41) is 0. The predicted octanol–water partition coefficient (Wildman–Crippen LogP) is 2.12. The van der Waals surface area contributed by atoms with Crippen LogP contribution in [0.3, 0.4) is 0 Å². The molecule has 0 saturated heterocycles. The molecule has 1 heterocycles. The van der Waals surface area contributed by atoms with Gasteiger partial charge in [0.25, 0.3) is 0 Å². The van der Waals surface area contributed by atoms with Gasteiger partial charge in [-0.2, -0.15) is 13.2 Å². The topological polar surface area (TPSA) is 48.4 Å². The fourth-order valence-electron chi connectivity index (χ4n) is 1.06. The second-order valence-electron chi connectivity index (χ2n) is 3.20. The number of halogens is 3. The standard InChI is InChI=1S/C10H10F3NO3/c1-6-3-4-7(9(15)16-2)8(14-6)17-5-10(11,12)13/h3-4H,5H2,1-2H3. The van der Waals surface area contributed by atoms with Crippen LogP contribution in [0.1, 0.15) is 16.1 Å². The molecule has 0 saturated carbocycles. The van der Waals surface area contributed by atoms with E-state index in [1.165, 1.54) is 12.1 Å². The van der Waals surface area contributed by atoms with Crippen molar-refractivity contribution in [3.8, 4) is 5.88 Å². The maximum absolute atomic E-state index is 12.0. The lowest BCUT2D eigenvalue weighted by atomic mass is 10.2. The Balaban J connectivity index is 2.95. The molecule has 1 aromatic rings. The van der Waals surface area contributed by atoms with Gasteiger partial charge in [-0.25, -0.2) is 9.78 Å². The molecule has 7 heteroatoms. The molecule has 0 N–H and O–H groups in total. The molecule has 0 amide bonds. The van der Waals surface area contributed by atoms with Gasteiger partial charge in [0.15, 0.2) is 6.61 Å². The Bertz CT molecular complexity index is 418. The molecular weight excluding hydrogens is 239 g/mol. The lowest BCUT2D eigenvalue weighted by Crippen LogP contribution is -2.21. The zero-order chi connectivity index (χ0) is 13.1. The first-order chi connectivity index (χ1) is 7.83. The van der Waals surface area contributed by atoms with Crippen LogP contribution in [-0.2, 0) is 4.74 Å².